The van der Waals surface area contributed by atoms with Crippen molar-refractivity contribution in [2.75, 3.05) is 25.0 Å². The van der Waals surface area contributed by atoms with Crippen molar-refractivity contribution in [3.63, 3.8) is 0 Å². The van der Waals surface area contributed by atoms with Gasteiger partial charge in [0.2, 0.25) is 5.91 Å². The van der Waals surface area contributed by atoms with Gasteiger partial charge in [-0.05, 0) is 36.8 Å². The van der Waals surface area contributed by atoms with Gasteiger partial charge >= 0.3 is 5.97 Å². The van der Waals surface area contributed by atoms with Crippen molar-refractivity contribution >= 4 is 52.6 Å². The maximum atomic E-state index is 12.5. The minimum absolute atomic E-state index is 0.0533. The molecule has 0 unspecified atom stereocenters. The van der Waals surface area contributed by atoms with Crippen LogP contribution in [0.3, 0.4) is 0 Å². The number of aliphatic carboxylic acids is 1. The third kappa shape index (κ3) is 7.00. The van der Waals surface area contributed by atoms with Crippen LogP contribution in [0, 0.1) is 0 Å². The van der Waals surface area contributed by atoms with Crippen molar-refractivity contribution in [2.24, 2.45) is 4.99 Å². The average Bonchev–Trinajstić information content (AvgIpc) is 2.80. The summed E-state index contributed by atoms with van der Waals surface area (Å²) >= 11 is 11.9. The van der Waals surface area contributed by atoms with Crippen LogP contribution in [-0.2, 0) is 9.59 Å². The molecule has 1 aliphatic rings. The second-order valence-electron chi connectivity index (χ2n) is 7.44. The van der Waals surface area contributed by atoms with Crippen LogP contribution in [0.1, 0.15) is 34.8 Å². The molecule has 2 amide bonds. The number of aliphatic imine (C=N–C) groups is 1. The van der Waals surface area contributed by atoms with Crippen LogP contribution in [0.5, 0.6) is 5.75 Å². The van der Waals surface area contributed by atoms with Gasteiger partial charge in [0.1, 0.15) is 5.75 Å². The van der Waals surface area contributed by atoms with Crippen molar-refractivity contribution in [1.29, 1.82) is 0 Å². The summed E-state index contributed by atoms with van der Waals surface area (Å²) in [7, 11) is 0. The van der Waals surface area contributed by atoms with Gasteiger partial charge in [0.05, 0.1) is 24.0 Å². The minimum atomic E-state index is -1.22. The molecule has 6 N–H and O–H groups in total. The second kappa shape index (κ2) is 11.6. The maximum Gasteiger partial charge on any atom is 0.305 e. The number of hydrogen-bond donors (Lipinski definition) is 6. The van der Waals surface area contributed by atoms with E-state index in [2.05, 4.69) is 26.3 Å². The second-order valence-corrected chi connectivity index (χ2v) is 8.29. The number of carboxylic acid groups (broad SMARTS) is 1. The minimum Gasteiger partial charge on any atom is -0.506 e. The number of carbonyl (C=O) groups excluding carboxylic acids is 2. The number of nitrogens with one attached hydrogen (secondary N) is 4. The lowest BCUT2D eigenvalue weighted by Crippen LogP contribution is -2.39. The fourth-order valence-corrected chi connectivity index (χ4v) is 3.77. The first kappa shape index (κ1) is 25.1. The van der Waals surface area contributed by atoms with E-state index >= 15 is 0 Å². The van der Waals surface area contributed by atoms with Crippen LogP contribution in [-0.4, -0.2) is 53.6 Å². The van der Waals surface area contributed by atoms with Gasteiger partial charge in [-0.3, -0.25) is 19.4 Å². The summed E-state index contributed by atoms with van der Waals surface area (Å²) in [6, 6.07) is 8.17. The van der Waals surface area contributed by atoms with Gasteiger partial charge in [-0.15, -0.1) is 0 Å². The largest absolute Gasteiger partial charge is 0.506 e. The molecule has 0 aromatic heterocycles. The highest BCUT2D eigenvalue weighted by atomic mass is 35.5. The monoisotopic (exact) mass is 507 g/mol. The summed E-state index contributed by atoms with van der Waals surface area (Å²) in [6.07, 6.45) is 0.419. The Kier molecular flexibility index (Phi) is 8.55. The number of carbonyl (C=O) groups is 3. The van der Waals surface area contributed by atoms with E-state index in [4.69, 9.17) is 23.2 Å². The smallest absolute Gasteiger partial charge is 0.305 e. The zero-order valence-electron chi connectivity index (χ0n) is 17.9. The molecular formula is C22H23Cl2N5O5. The SMILES string of the molecule is O=C(O)C[C@@H](NC(=O)CNC(=O)c1cccc(NC2=NCCCN2)c1)c1cc(Cl)cc(Cl)c1O. The van der Waals surface area contributed by atoms with E-state index in [1.807, 2.05) is 0 Å². The van der Waals surface area contributed by atoms with Crippen LogP contribution in [0.2, 0.25) is 10.0 Å². The molecule has 1 atom stereocenters. The van der Waals surface area contributed by atoms with E-state index in [-0.39, 0.29) is 21.4 Å². The van der Waals surface area contributed by atoms with Crippen molar-refractivity contribution in [3.05, 3.63) is 57.6 Å². The molecule has 0 radical (unpaired) electrons. The van der Waals surface area contributed by atoms with Crippen LogP contribution in [0.4, 0.5) is 5.69 Å². The predicted molar refractivity (Wildman–Crippen MR) is 129 cm³/mol. The van der Waals surface area contributed by atoms with Crippen molar-refractivity contribution < 1.29 is 24.6 Å². The highest BCUT2D eigenvalue weighted by Gasteiger charge is 2.23. The predicted octanol–water partition coefficient (Wildman–Crippen LogP) is 2.52. The zero-order valence-corrected chi connectivity index (χ0v) is 19.4. The molecule has 34 heavy (non-hydrogen) atoms. The molecule has 0 fully saturated rings. The van der Waals surface area contributed by atoms with Gasteiger partial charge in [0.15, 0.2) is 5.96 Å². The molecule has 1 heterocycles. The number of phenolic OH excluding ortho intramolecular Hbond substituents is 1. The third-order valence-corrected chi connectivity index (χ3v) is 5.35. The molecule has 180 valence electrons. The van der Waals surface area contributed by atoms with Crippen molar-refractivity contribution in [3.8, 4) is 5.75 Å². The Morgan fingerprint density at radius 2 is 1.97 bits per heavy atom. The summed E-state index contributed by atoms with van der Waals surface area (Å²) in [5.41, 5.74) is 1.02. The van der Waals surface area contributed by atoms with E-state index in [9.17, 15) is 24.6 Å². The molecule has 0 saturated heterocycles. The van der Waals surface area contributed by atoms with E-state index in [1.54, 1.807) is 24.3 Å². The van der Waals surface area contributed by atoms with Crippen LogP contribution in [0.15, 0.2) is 41.4 Å². The number of phenols is 1. The summed E-state index contributed by atoms with van der Waals surface area (Å²) in [5.74, 6) is -2.14. The highest BCUT2D eigenvalue weighted by molar-refractivity contribution is 6.35. The van der Waals surface area contributed by atoms with Gasteiger partial charge in [0.25, 0.3) is 5.91 Å². The fourth-order valence-electron chi connectivity index (χ4n) is 3.26. The van der Waals surface area contributed by atoms with E-state index in [0.717, 1.165) is 13.0 Å². The molecule has 0 bridgehead atoms. The molecule has 0 aliphatic carbocycles. The first-order chi connectivity index (χ1) is 16.2. The third-order valence-electron chi connectivity index (χ3n) is 4.84. The number of aromatic hydroxyl groups is 1. The Morgan fingerprint density at radius 1 is 1.18 bits per heavy atom. The number of halogens is 2. The van der Waals surface area contributed by atoms with Crippen molar-refractivity contribution in [2.45, 2.75) is 18.9 Å². The Labute approximate surface area is 205 Å². The number of benzene rings is 2. The molecule has 10 nitrogen and oxygen atoms in total. The van der Waals surface area contributed by atoms with Crippen molar-refractivity contribution in [1.82, 2.24) is 16.0 Å². The Morgan fingerprint density at radius 3 is 2.68 bits per heavy atom. The normalized spacial score (nSPS) is 13.8. The summed E-state index contributed by atoms with van der Waals surface area (Å²) in [6.45, 7) is 1.10. The number of carboxylic acids is 1. The van der Waals surface area contributed by atoms with E-state index in [1.165, 1.54) is 12.1 Å². The maximum absolute atomic E-state index is 12.5. The average molecular weight is 508 g/mol. The van der Waals surface area contributed by atoms with Gasteiger partial charge in [0, 0.05) is 34.9 Å². The Balaban J connectivity index is 1.62. The fraction of sp³-hybridized carbons (Fsp3) is 0.273. The highest BCUT2D eigenvalue weighted by Crippen LogP contribution is 2.36. The van der Waals surface area contributed by atoms with E-state index in [0.29, 0.717) is 23.8 Å². The van der Waals surface area contributed by atoms with Crippen LogP contribution in [0.25, 0.3) is 0 Å². The summed E-state index contributed by atoms with van der Waals surface area (Å²) in [5, 5.41) is 30.7. The number of guanidine groups is 1. The number of anilines is 1. The quantitative estimate of drug-likeness (QED) is 0.321. The molecule has 12 heteroatoms. The number of hydrogen-bond acceptors (Lipinski definition) is 7. The molecular weight excluding hydrogens is 485 g/mol. The molecule has 3 rings (SSSR count). The summed E-state index contributed by atoms with van der Waals surface area (Å²) in [4.78, 5) is 40.6. The standard InChI is InChI=1S/C22H23Cl2N5O5/c23-13-8-15(20(33)16(24)9-13)17(10-19(31)32)29-18(30)11-27-21(34)12-3-1-4-14(7-12)28-22-25-5-2-6-26-22/h1,3-4,7-9,17,33H,2,5-6,10-11H2,(H,27,34)(H,29,30)(H,31,32)(H2,25,26,28)/t17-/m1/s1. The van der Waals surface area contributed by atoms with Gasteiger partial charge in [-0.1, -0.05) is 29.3 Å². The number of amides is 2. The first-order valence-electron chi connectivity index (χ1n) is 10.4. The van der Waals surface area contributed by atoms with Crippen LogP contribution >= 0.6 is 23.2 Å². The van der Waals surface area contributed by atoms with Crippen LogP contribution < -0.4 is 21.3 Å². The first-order valence-corrected chi connectivity index (χ1v) is 11.1. The summed E-state index contributed by atoms with van der Waals surface area (Å²) < 4.78 is 0. The lowest BCUT2D eigenvalue weighted by molar-refractivity contribution is -0.137. The lowest BCUT2D eigenvalue weighted by Gasteiger charge is -2.20. The van der Waals surface area contributed by atoms with Gasteiger partial charge in [-0.25, -0.2) is 0 Å². The topological polar surface area (TPSA) is 152 Å². The van der Waals surface area contributed by atoms with Gasteiger partial charge in [-0.2, -0.15) is 0 Å². The Hall–Kier alpha value is -3.50. The number of rotatable bonds is 8. The van der Waals surface area contributed by atoms with Gasteiger partial charge < -0.3 is 31.5 Å². The number of nitrogens with zero attached hydrogens (tertiary/aromatic N) is 1. The Bertz CT molecular complexity index is 1120. The molecule has 0 saturated carbocycles. The lowest BCUT2D eigenvalue weighted by atomic mass is 10.0. The zero-order chi connectivity index (χ0) is 24.7. The molecule has 0 spiro atoms. The molecule has 1 aliphatic heterocycles. The van der Waals surface area contributed by atoms with E-state index < -0.39 is 36.8 Å². The molecule has 2 aromatic rings. The molecule has 2 aromatic carbocycles.